The summed E-state index contributed by atoms with van der Waals surface area (Å²) in [6.45, 7) is 5.41. The lowest BCUT2D eigenvalue weighted by Gasteiger charge is -2.35. The summed E-state index contributed by atoms with van der Waals surface area (Å²) in [5, 5.41) is 0. The number of rotatable bonds is 4. The minimum atomic E-state index is 0.722. The highest BCUT2D eigenvalue weighted by molar-refractivity contribution is 9.10. The number of hydrogen-bond acceptors (Lipinski definition) is 2. The molecule has 0 aromatic heterocycles. The predicted molar refractivity (Wildman–Crippen MR) is 82.1 cm³/mol. The Morgan fingerprint density at radius 3 is 3.00 bits per heavy atom. The molecular formula is C15H23BrN2. The molecule has 1 heterocycles. The minimum Gasteiger partial charge on any atom is -0.371 e. The Labute approximate surface area is 119 Å². The van der Waals surface area contributed by atoms with Crippen molar-refractivity contribution in [2.45, 2.75) is 32.6 Å². The van der Waals surface area contributed by atoms with Crippen molar-refractivity contribution in [1.29, 1.82) is 0 Å². The molecule has 2 nitrogen and oxygen atoms in total. The van der Waals surface area contributed by atoms with E-state index in [1.807, 2.05) is 0 Å². The van der Waals surface area contributed by atoms with Gasteiger partial charge in [-0.15, -0.1) is 0 Å². The van der Waals surface area contributed by atoms with E-state index in [4.69, 9.17) is 5.73 Å². The maximum absolute atomic E-state index is 5.72. The summed E-state index contributed by atoms with van der Waals surface area (Å²) in [5.41, 5.74) is 8.49. The zero-order chi connectivity index (χ0) is 13.0. The van der Waals surface area contributed by atoms with Crippen LogP contribution in [0.3, 0.4) is 0 Å². The lowest BCUT2D eigenvalue weighted by Crippen LogP contribution is -2.35. The second kappa shape index (κ2) is 6.58. The Kier molecular flexibility index (Phi) is 5.07. The molecule has 1 atom stereocenters. The van der Waals surface area contributed by atoms with Gasteiger partial charge in [-0.25, -0.2) is 0 Å². The van der Waals surface area contributed by atoms with E-state index in [9.17, 15) is 0 Å². The van der Waals surface area contributed by atoms with Crippen molar-refractivity contribution in [3.63, 3.8) is 0 Å². The summed E-state index contributed by atoms with van der Waals surface area (Å²) >= 11 is 3.59. The van der Waals surface area contributed by atoms with Gasteiger partial charge in [0.05, 0.1) is 0 Å². The second-order valence-electron chi connectivity index (χ2n) is 5.17. The fraction of sp³-hybridized carbons (Fsp3) is 0.600. The molecule has 0 radical (unpaired) electrons. The molecule has 1 aliphatic rings. The Morgan fingerprint density at radius 2 is 2.28 bits per heavy atom. The highest BCUT2D eigenvalue weighted by Crippen LogP contribution is 2.30. The normalized spacial score (nSPS) is 20.2. The van der Waals surface area contributed by atoms with Crippen LogP contribution in [0.2, 0.25) is 0 Å². The van der Waals surface area contributed by atoms with Crippen molar-refractivity contribution in [3.8, 4) is 0 Å². The zero-order valence-electron chi connectivity index (χ0n) is 11.2. The number of anilines is 1. The maximum atomic E-state index is 5.72. The number of halogens is 1. The van der Waals surface area contributed by atoms with Gasteiger partial charge in [0.1, 0.15) is 0 Å². The largest absolute Gasteiger partial charge is 0.371 e. The summed E-state index contributed by atoms with van der Waals surface area (Å²) < 4.78 is 1.16. The van der Waals surface area contributed by atoms with Gasteiger partial charge in [0, 0.05) is 23.2 Å². The highest BCUT2D eigenvalue weighted by atomic mass is 79.9. The molecule has 100 valence electrons. The van der Waals surface area contributed by atoms with E-state index >= 15 is 0 Å². The number of benzene rings is 1. The molecule has 18 heavy (non-hydrogen) atoms. The molecule has 2 rings (SSSR count). The molecule has 2 N–H and O–H groups in total. The van der Waals surface area contributed by atoms with Gasteiger partial charge in [0.2, 0.25) is 0 Å². The fourth-order valence-electron chi connectivity index (χ4n) is 2.82. The van der Waals surface area contributed by atoms with Gasteiger partial charge in [-0.05, 0) is 49.4 Å². The predicted octanol–water partition coefficient (Wildman–Crippen LogP) is 3.58. The van der Waals surface area contributed by atoms with Crippen LogP contribution < -0.4 is 10.6 Å². The van der Waals surface area contributed by atoms with Crippen molar-refractivity contribution in [2.24, 2.45) is 11.7 Å². The van der Waals surface area contributed by atoms with Gasteiger partial charge in [-0.3, -0.25) is 0 Å². The Bertz CT molecular complexity index is 392. The van der Waals surface area contributed by atoms with Gasteiger partial charge in [-0.1, -0.05) is 35.3 Å². The molecule has 0 bridgehead atoms. The first kappa shape index (κ1) is 13.9. The van der Waals surface area contributed by atoms with Crippen molar-refractivity contribution in [1.82, 2.24) is 0 Å². The Morgan fingerprint density at radius 1 is 1.44 bits per heavy atom. The third kappa shape index (κ3) is 3.27. The van der Waals surface area contributed by atoms with Gasteiger partial charge >= 0.3 is 0 Å². The topological polar surface area (TPSA) is 29.3 Å². The van der Waals surface area contributed by atoms with Gasteiger partial charge < -0.3 is 10.6 Å². The van der Waals surface area contributed by atoms with Gasteiger partial charge in [0.25, 0.3) is 0 Å². The number of hydrogen-bond donors (Lipinski definition) is 1. The van der Waals surface area contributed by atoms with Gasteiger partial charge in [0.15, 0.2) is 0 Å². The zero-order valence-corrected chi connectivity index (χ0v) is 12.7. The third-order valence-corrected chi connectivity index (χ3v) is 4.39. The molecule has 3 heteroatoms. The van der Waals surface area contributed by atoms with Crippen molar-refractivity contribution in [2.75, 3.05) is 24.5 Å². The smallest absolute Gasteiger partial charge is 0.0410 e. The van der Waals surface area contributed by atoms with E-state index in [1.165, 1.54) is 43.6 Å². The summed E-state index contributed by atoms with van der Waals surface area (Å²) in [5.74, 6) is 0.850. The number of nitrogens with zero attached hydrogens (tertiary/aromatic N) is 1. The van der Waals surface area contributed by atoms with Crippen molar-refractivity contribution < 1.29 is 0 Å². The first-order valence-corrected chi connectivity index (χ1v) is 7.77. The fourth-order valence-corrected chi connectivity index (χ4v) is 3.16. The molecule has 1 aliphatic heterocycles. The van der Waals surface area contributed by atoms with Gasteiger partial charge in [-0.2, -0.15) is 0 Å². The Hall–Kier alpha value is -0.540. The van der Waals surface area contributed by atoms with Crippen LogP contribution in [0.5, 0.6) is 0 Å². The molecule has 1 fully saturated rings. The molecule has 1 aromatic carbocycles. The molecule has 1 unspecified atom stereocenters. The molecule has 0 saturated carbocycles. The van der Waals surface area contributed by atoms with E-state index in [2.05, 4.69) is 46.0 Å². The van der Waals surface area contributed by atoms with Crippen molar-refractivity contribution >= 4 is 21.6 Å². The third-order valence-electron chi connectivity index (χ3n) is 3.90. The first-order valence-electron chi connectivity index (χ1n) is 6.98. The average Bonchev–Trinajstić information content (AvgIpc) is 2.41. The summed E-state index contributed by atoms with van der Waals surface area (Å²) in [6.07, 6.45) is 4.95. The molecule has 0 amide bonds. The monoisotopic (exact) mass is 310 g/mol. The number of piperidine rings is 1. The molecule has 0 spiro atoms. The lowest BCUT2D eigenvalue weighted by molar-refractivity contribution is 0.404. The van der Waals surface area contributed by atoms with E-state index in [0.717, 1.165) is 23.4 Å². The van der Waals surface area contributed by atoms with Crippen LogP contribution in [-0.2, 0) is 6.42 Å². The second-order valence-corrected chi connectivity index (χ2v) is 6.09. The van der Waals surface area contributed by atoms with Crippen LogP contribution in [-0.4, -0.2) is 19.6 Å². The molecule has 0 aliphatic carbocycles. The number of nitrogens with two attached hydrogens (primary N) is 1. The van der Waals surface area contributed by atoms with E-state index in [1.54, 1.807) is 0 Å². The minimum absolute atomic E-state index is 0.722. The summed E-state index contributed by atoms with van der Waals surface area (Å²) in [6, 6.07) is 6.58. The first-order chi connectivity index (χ1) is 8.74. The highest BCUT2D eigenvalue weighted by Gasteiger charge is 2.20. The standard InChI is InChI=1S/C15H23BrN2/c1-2-12-4-3-9-18(11-12)15-10-14(16)6-5-13(15)7-8-17/h5-6,10,12H,2-4,7-9,11,17H2,1H3. The van der Waals surface area contributed by atoms with E-state index < -0.39 is 0 Å². The summed E-state index contributed by atoms with van der Waals surface area (Å²) in [4.78, 5) is 2.55. The van der Waals surface area contributed by atoms with Crippen LogP contribution in [0.25, 0.3) is 0 Å². The van der Waals surface area contributed by atoms with Crippen molar-refractivity contribution in [3.05, 3.63) is 28.2 Å². The lowest BCUT2D eigenvalue weighted by atomic mass is 9.94. The van der Waals surface area contributed by atoms with Crippen LogP contribution in [0, 0.1) is 5.92 Å². The van der Waals surface area contributed by atoms with Crippen LogP contribution in [0.4, 0.5) is 5.69 Å². The van der Waals surface area contributed by atoms with E-state index in [-0.39, 0.29) is 0 Å². The van der Waals surface area contributed by atoms with Crippen LogP contribution in [0.1, 0.15) is 31.7 Å². The van der Waals surface area contributed by atoms with E-state index in [0.29, 0.717) is 0 Å². The molecule has 1 saturated heterocycles. The maximum Gasteiger partial charge on any atom is 0.0410 e. The SMILES string of the molecule is CCC1CCCN(c2cc(Br)ccc2CCN)C1. The molecular weight excluding hydrogens is 288 g/mol. The van der Waals surface area contributed by atoms with Crippen LogP contribution in [0.15, 0.2) is 22.7 Å². The average molecular weight is 311 g/mol. The van der Waals surface area contributed by atoms with Crippen LogP contribution >= 0.6 is 15.9 Å². The Balaban J connectivity index is 2.22. The summed E-state index contributed by atoms with van der Waals surface area (Å²) in [7, 11) is 0. The quantitative estimate of drug-likeness (QED) is 0.921. The molecule has 1 aromatic rings.